The van der Waals surface area contributed by atoms with Crippen molar-refractivity contribution in [2.75, 3.05) is 30.8 Å². The van der Waals surface area contributed by atoms with Gasteiger partial charge < -0.3 is 20.3 Å². The summed E-state index contributed by atoms with van der Waals surface area (Å²) in [7, 11) is 1.57. The van der Waals surface area contributed by atoms with Crippen molar-refractivity contribution in [1.82, 2.24) is 4.90 Å². The smallest absolute Gasteiger partial charge is 0.321 e. The number of hydrogen-bond donors (Lipinski definition) is 2. The number of aryl methyl sites for hydroxylation is 1. The highest BCUT2D eigenvalue weighted by molar-refractivity contribution is 5.94. The van der Waals surface area contributed by atoms with E-state index in [1.807, 2.05) is 44.2 Å². The fourth-order valence-electron chi connectivity index (χ4n) is 3.41. The number of rotatable bonds is 4. The first-order chi connectivity index (χ1) is 13.5. The molecule has 2 N–H and O–H groups in total. The monoisotopic (exact) mass is 381 g/mol. The van der Waals surface area contributed by atoms with E-state index in [0.717, 1.165) is 16.8 Å². The summed E-state index contributed by atoms with van der Waals surface area (Å²) in [6, 6.07) is 13.1. The standard InChI is InChI=1S/C22H27N3O3/c1-15-7-6-9-18(16(15)2)23-21(26)17-11-13-25(14-12-17)22(27)24-19-8-4-5-10-20(19)28-3/h4-10,17H,11-14H2,1-3H3,(H,23,26)(H,24,27). The van der Waals surface area contributed by atoms with Crippen LogP contribution in [0, 0.1) is 19.8 Å². The van der Waals surface area contributed by atoms with E-state index in [1.54, 1.807) is 24.1 Å². The molecule has 0 spiro atoms. The number of methoxy groups -OCH3 is 1. The Morgan fingerprint density at radius 3 is 2.36 bits per heavy atom. The Labute approximate surface area is 165 Å². The average molecular weight is 381 g/mol. The number of carbonyl (C=O) groups excluding carboxylic acids is 2. The van der Waals surface area contributed by atoms with Crippen LogP contribution in [0.15, 0.2) is 42.5 Å². The first-order valence-corrected chi connectivity index (χ1v) is 9.55. The van der Waals surface area contributed by atoms with E-state index in [-0.39, 0.29) is 17.9 Å². The van der Waals surface area contributed by atoms with Crippen LogP contribution in [-0.4, -0.2) is 37.0 Å². The molecular formula is C22H27N3O3. The maximum absolute atomic E-state index is 12.6. The Hall–Kier alpha value is -3.02. The Balaban J connectivity index is 1.54. The van der Waals surface area contributed by atoms with Crippen LogP contribution >= 0.6 is 0 Å². The summed E-state index contributed by atoms with van der Waals surface area (Å²) in [6.45, 7) is 5.14. The van der Waals surface area contributed by atoms with Gasteiger partial charge in [0.05, 0.1) is 12.8 Å². The van der Waals surface area contributed by atoms with Gasteiger partial charge >= 0.3 is 6.03 Å². The van der Waals surface area contributed by atoms with Crippen molar-refractivity contribution in [3.63, 3.8) is 0 Å². The lowest BCUT2D eigenvalue weighted by molar-refractivity contribution is -0.121. The Bertz CT molecular complexity index is 858. The van der Waals surface area contributed by atoms with Gasteiger partial charge in [0.1, 0.15) is 5.75 Å². The number of amides is 3. The van der Waals surface area contributed by atoms with Crippen molar-refractivity contribution in [2.24, 2.45) is 5.92 Å². The second-order valence-corrected chi connectivity index (χ2v) is 7.13. The predicted octanol–water partition coefficient (Wildman–Crippen LogP) is 4.19. The zero-order valence-electron chi connectivity index (χ0n) is 16.6. The summed E-state index contributed by atoms with van der Waals surface area (Å²) in [5.74, 6) is 0.562. The van der Waals surface area contributed by atoms with Crippen molar-refractivity contribution in [3.05, 3.63) is 53.6 Å². The molecule has 1 fully saturated rings. The molecule has 0 saturated carbocycles. The van der Waals surface area contributed by atoms with E-state index in [9.17, 15) is 9.59 Å². The molecule has 0 aliphatic carbocycles. The third kappa shape index (κ3) is 4.44. The molecule has 3 rings (SSSR count). The molecule has 0 aromatic heterocycles. The van der Waals surface area contributed by atoms with E-state index in [4.69, 9.17) is 4.74 Å². The van der Waals surface area contributed by atoms with Crippen LogP contribution in [0.25, 0.3) is 0 Å². The number of urea groups is 1. The van der Waals surface area contributed by atoms with Crippen molar-refractivity contribution < 1.29 is 14.3 Å². The quantitative estimate of drug-likeness (QED) is 0.834. The summed E-state index contributed by atoms with van der Waals surface area (Å²) in [6.07, 6.45) is 1.30. The molecule has 6 nitrogen and oxygen atoms in total. The van der Waals surface area contributed by atoms with Gasteiger partial charge in [-0.1, -0.05) is 24.3 Å². The molecule has 2 aromatic rings. The number of anilines is 2. The topological polar surface area (TPSA) is 70.7 Å². The minimum absolute atomic E-state index is 0.0264. The van der Waals surface area contributed by atoms with Gasteiger partial charge in [0.25, 0.3) is 0 Å². The largest absolute Gasteiger partial charge is 0.495 e. The fourth-order valence-corrected chi connectivity index (χ4v) is 3.41. The molecule has 1 aliphatic heterocycles. The van der Waals surface area contributed by atoms with Gasteiger partial charge in [0, 0.05) is 24.7 Å². The van der Waals surface area contributed by atoms with E-state index in [2.05, 4.69) is 10.6 Å². The number of carbonyl (C=O) groups is 2. The molecule has 1 aliphatic rings. The van der Waals surface area contributed by atoms with Crippen LogP contribution in [0.2, 0.25) is 0 Å². The maximum Gasteiger partial charge on any atom is 0.321 e. The highest BCUT2D eigenvalue weighted by atomic mass is 16.5. The van der Waals surface area contributed by atoms with E-state index in [1.165, 1.54) is 0 Å². The summed E-state index contributed by atoms with van der Waals surface area (Å²) in [4.78, 5) is 26.9. The van der Waals surface area contributed by atoms with Crippen molar-refractivity contribution in [1.29, 1.82) is 0 Å². The molecule has 1 saturated heterocycles. The van der Waals surface area contributed by atoms with Crippen LogP contribution in [-0.2, 0) is 4.79 Å². The van der Waals surface area contributed by atoms with Gasteiger partial charge in [-0.25, -0.2) is 4.79 Å². The number of likely N-dealkylation sites (tertiary alicyclic amines) is 1. The van der Waals surface area contributed by atoms with E-state index in [0.29, 0.717) is 37.4 Å². The maximum atomic E-state index is 12.6. The molecule has 0 radical (unpaired) electrons. The number of benzene rings is 2. The predicted molar refractivity (Wildman–Crippen MR) is 111 cm³/mol. The third-order valence-corrected chi connectivity index (χ3v) is 5.36. The number of piperidine rings is 1. The van der Waals surface area contributed by atoms with Gasteiger partial charge in [-0.3, -0.25) is 4.79 Å². The van der Waals surface area contributed by atoms with Crippen LogP contribution in [0.4, 0.5) is 16.2 Å². The van der Waals surface area contributed by atoms with Gasteiger partial charge in [-0.05, 0) is 56.0 Å². The number of nitrogens with zero attached hydrogens (tertiary/aromatic N) is 1. The molecular weight excluding hydrogens is 354 g/mol. The molecule has 2 aromatic carbocycles. The molecule has 0 bridgehead atoms. The number of para-hydroxylation sites is 2. The van der Waals surface area contributed by atoms with Crippen LogP contribution in [0.3, 0.4) is 0 Å². The highest BCUT2D eigenvalue weighted by Gasteiger charge is 2.28. The van der Waals surface area contributed by atoms with E-state index < -0.39 is 0 Å². The van der Waals surface area contributed by atoms with Gasteiger partial charge in [0.2, 0.25) is 5.91 Å². The lowest BCUT2D eigenvalue weighted by Gasteiger charge is -2.31. The summed E-state index contributed by atoms with van der Waals surface area (Å²) >= 11 is 0. The van der Waals surface area contributed by atoms with E-state index >= 15 is 0 Å². The first kappa shape index (κ1) is 19.7. The van der Waals surface area contributed by atoms with Crippen LogP contribution in [0.1, 0.15) is 24.0 Å². The number of nitrogens with one attached hydrogen (secondary N) is 2. The average Bonchev–Trinajstić information content (AvgIpc) is 2.72. The van der Waals surface area contributed by atoms with Gasteiger partial charge in [0.15, 0.2) is 0 Å². The molecule has 0 unspecified atom stereocenters. The minimum atomic E-state index is -0.169. The molecule has 6 heteroatoms. The summed E-state index contributed by atoms with van der Waals surface area (Å²) in [5, 5.41) is 5.94. The highest BCUT2D eigenvalue weighted by Crippen LogP contribution is 2.25. The van der Waals surface area contributed by atoms with Crippen molar-refractivity contribution in [3.8, 4) is 5.75 Å². The zero-order valence-corrected chi connectivity index (χ0v) is 16.6. The number of hydrogen-bond acceptors (Lipinski definition) is 3. The molecule has 28 heavy (non-hydrogen) atoms. The second kappa shape index (κ2) is 8.78. The normalized spacial score (nSPS) is 14.5. The van der Waals surface area contributed by atoms with Gasteiger partial charge in [-0.15, -0.1) is 0 Å². The number of ether oxygens (including phenoxy) is 1. The van der Waals surface area contributed by atoms with Crippen LogP contribution < -0.4 is 15.4 Å². The Kier molecular flexibility index (Phi) is 6.19. The van der Waals surface area contributed by atoms with Gasteiger partial charge in [-0.2, -0.15) is 0 Å². The first-order valence-electron chi connectivity index (χ1n) is 9.55. The molecule has 1 heterocycles. The van der Waals surface area contributed by atoms with Crippen molar-refractivity contribution >= 4 is 23.3 Å². The Morgan fingerprint density at radius 1 is 0.964 bits per heavy atom. The van der Waals surface area contributed by atoms with Crippen LogP contribution in [0.5, 0.6) is 5.75 Å². The molecule has 3 amide bonds. The third-order valence-electron chi connectivity index (χ3n) is 5.36. The SMILES string of the molecule is COc1ccccc1NC(=O)N1CCC(C(=O)Nc2cccc(C)c2C)CC1. The minimum Gasteiger partial charge on any atom is -0.495 e. The lowest BCUT2D eigenvalue weighted by Crippen LogP contribution is -2.43. The zero-order chi connectivity index (χ0) is 20.1. The lowest BCUT2D eigenvalue weighted by atomic mass is 9.95. The molecule has 148 valence electrons. The molecule has 0 atom stereocenters. The Morgan fingerprint density at radius 2 is 1.64 bits per heavy atom. The summed E-state index contributed by atoms with van der Waals surface area (Å²) < 4.78 is 5.27. The fraction of sp³-hybridized carbons (Fsp3) is 0.364. The van der Waals surface area contributed by atoms with Crippen molar-refractivity contribution in [2.45, 2.75) is 26.7 Å². The summed E-state index contributed by atoms with van der Waals surface area (Å²) in [5.41, 5.74) is 3.75. The second-order valence-electron chi connectivity index (χ2n) is 7.13.